The van der Waals surface area contributed by atoms with Crippen LogP contribution in [0.15, 0.2) is 66.7 Å². The van der Waals surface area contributed by atoms with E-state index in [-0.39, 0.29) is 67.1 Å². The first kappa shape index (κ1) is 37.5. The van der Waals surface area contributed by atoms with Gasteiger partial charge in [-0.2, -0.15) is 0 Å². The molecule has 6 N–H and O–H groups in total. The molecule has 3 aromatic carbocycles. The Morgan fingerprint density at radius 1 is 0.960 bits per heavy atom. The number of anilines is 4. The molecule has 0 aromatic heterocycles. The zero-order chi connectivity index (χ0) is 36.2. The summed E-state index contributed by atoms with van der Waals surface area (Å²) in [6, 6.07) is 18.2. The molecule has 0 radical (unpaired) electrons. The van der Waals surface area contributed by atoms with Gasteiger partial charge in [-0.25, -0.2) is 4.79 Å². The van der Waals surface area contributed by atoms with Gasteiger partial charge in [-0.15, -0.1) is 0 Å². The zero-order valence-corrected chi connectivity index (χ0v) is 29.1. The van der Waals surface area contributed by atoms with Crippen LogP contribution in [0.3, 0.4) is 0 Å². The maximum atomic E-state index is 13.8. The number of benzene rings is 3. The first-order valence-electron chi connectivity index (χ1n) is 16.8. The van der Waals surface area contributed by atoms with Crippen molar-refractivity contribution in [2.45, 2.75) is 58.1 Å². The second-order valence-corrected chi connectivity index (χ2v) is 12.6. The maximum Gasteiger partial charge on any atom is 0.321 e. The van der Waals surface area contributed by atoms with E-state index in [1.807, 2.05) is 6.92 Å². The number of fused-ring (bicyclic) bond motifs is 1. The van der Waals surface area contributed by atoms with Crippen molar-refractivity contribution in [1.82, 2.24) is 9.80 Å². The van der Waals surface area contributed by atoms with Crippen molar-refractivity contribution in [2.75, 3.05) is 55.5 Å². The Kier molecular flexibility index (Phi) is 13.4. The highest BCUT2D eigenvalue weighted by Gasteiger charge is 2.35. The molecule has 5 amide bonds. The first-order valence-corrected chi connectivity index (χ1v) is 16.8. The summed E-state index contributed by atoms with van der Waals surface area (Å²) in [5.74, 6) is -0.117. The van der Waals surface area contributed by atoms with Crippen LogP contribution in [0, 0.1) is 5.92 Å². The summed E-state index contributed by atoms with van der Waals surface area (Å²) in [6.45, 7) is 3.91. The number of nitrogens with two attached hydrogens (primary N) is 1. The molecule has 3 aromatic rings. The summed E-state index contributed by atoms with van der Waals surface area (Å²) >= 11 is 0. The van der Waals surface area contributed by atoms with Crippen LogP contribution in [0.1, 0.15) is 56.3 Å². The van der Waals surface area contributed by atoms with Crippen molar-refractivity contribution >= 4 is 46.5 Å². The average molecular weight is 689 g/mol. The molecule has 0 fully saturated rings. The molecule has 1 aliphatic rings. The number of aliphatic hydroxyl groups is 1. The molecule has 4 rings (SSSR count). The number of nitrogen functional groups attached to an aromatic ring is 1. The number of ether oxygens (including phenoxy) is 2. The topological polar surface area (TPSA) is 176 Å². The third-order valence-electron chi connectivity index (χ3n) is 8.65. The molecule has 0 unspecified atom stereocenters. The third kappa shape index (κ3) is 10.1. The molecule has 13 nitrogen and oxygen atoms in total. The Labute approximate surface area is 293 Å². The minimum Gasteiger partial charge on any atom is -0.497 e. The summed E-state index contributed by atoms with van der Waals surface area (Å²) in [7, 11) is 3.22. The molecular weight excluding hydrogens is 640 g/mol. The van der Waals surface area contributed by atoms with Gasteiger partial charge in [-0.05, 0) is 68.3 Å². The van der Waals surface area contributed by atoms with E-state index in [0.717, 1.165) is 0 Å². The smallest absolute Gasteiger partial charge is 0.321 e. The highest BCUT2D eigenvalue weighted by molar-refractivity contribution is 6.01. The highest BCUT2D eigenvalue weighted by Crippen LogP contribution is 2.35. The second kappa shape index (κ2) is 17.9. The molecule has 0 bridgehead atoms. The fourth-order valence-electron chi connectivity index (χ4n) is 5.59. The Balaban J connectivity index is 1.42. The van der Waals surface area contributed by atoms with E-state index in [0.29, 0.717) is 54.2 Å². The van der Waals surface area contributed by atoms with Crippen molar-refractivity contribution in [3.63, 3.8) is 0 Å². The van der Waals surface area contributed by atoms with Crippen LogP contribution in [0.2, 0.25) is 0 Å². The van der Waals surface area contributed by atoms with E-state index in [2.05, 4.69) is 16.0 Å². The van der Waals surface area contributed by atoms with E-state index in [4.69, 9.17) is 15.2 Å². The van der Waals surface area contributed by atoms with Crippen molar-refractivity contribution < 1.29 is 33.8 Å². The van der Waals surface area contributed by atoms with Crippen molar-refractivity contribution in [2.24, 2.45) is 5.92 Å². The van der Waals surface area contributed by atoms with Gasteiger partial charge >= 0.3 is 6.03 Å². The number of urea groups is 1. The first-order chi connectivity index (χ1) is 24.0. The van der Waals surface area contributed by atoms with Gasteiger partial charge in [0, 0.05) is 38.0 Å². The van der Waals surface area contributed by atoms with Crippen LogP contribution >= 0.6 is 0 Å². The molecule has 0 aliphatic carbocycles. The normalized spacial score (nSPS) is 16.2. The summed E-state index contributed by atoms with van der Waals surface area (Å²) < 4.78 is 11.7. The van der Waals surface area contributed by atoms with Crippen LogP contribution in [0.5, 0.6) is 11.5 Å². The number of para-hydroxylation sites is 3. The molecule has 0 saturated heterocycles. The summed E-state index contributed by atoms with van der Waals surface area (Å²) in [6.07, 6.45) is 1.74. The minimum absolute atomic E-state index is 0.144. The number of rotatable bonds is 14. The van der Waals surface area contributed by atoms with Gasteiger partial charge in [0.25, 0.3) is 5.91 Å². The summed E-state index contributed by atoms with van der Waals surface area (Å²) in [5, 5.41) is 18.6. The van der Waals surface area contributed by atoms with Crippen molar-refractivity contribution in [3.05, 3.63) is 72.3 Å². The van der Waals surface area contributed by atoms with E-state index in [9.17, 15) is 24.3 Å². The van der Waals surface area contributed by atoms with Gasteiger partial charge in [0.1, 0.15) is 11.9 Å². The van der Waals surface area contributed by atoms with Gasteiger partial charge in [-0.1, -0.05) is 31.5 Å². The van der Waals surface area contributed by atoms with Gasteiger partial charge < -0.3 is 46.1 Å². The number of methoxy groups -OCH3 is 1. The number of hydrogen-bond donors (Lipinski definition) is 5. The molecule has 0 spiro atoms. The predicted molar refractivity (Wildman–Crippen MR) is 193 cm³/mol. The number of hydrogen-bond acceptors (Lipinski definition) is 8. The third-order valence-corrected chi connectivity index (χ3v) is 8.65. The lowest BCUT2D eigenvalue weighted by atomic mass is 9.99. The fourth-order valence-corrected chi connectivity index (χ4v) is 5.59. The molecule has 1 heterocycles. The molecule has 50 heavy (non-hydrogen) atoms. The largest absolute Gasteiger partial charge is 0.497 e. The number of likely N-dealkylation sites (N-methyl/N-ethyl adjacent to an activating group) is 1. The number of carbonyl (C=O) groups is 4. The highest BCUT2D eigenvalue weighted by atomic mass is 16.5. The van der Waals surface area contributed by atoms with E-state index in [1.54, 1.807) is 92.7 Å². The molecule has 3 atom stereocenters. The lowest BCUT2D eigenvalue weighted by Crippen LogP contribution is -2.50. The van der Waals surface area contributed by atoms with E-state index in [1.165, 1.54) is 4.90 Å². The SMILES string of the molecule is COc1ccc(NC(=O)N(C)C[C@@H]2Oc3c(NC(=O)CCCCCC(=O)Nc4ccccc4N)cccc3C(=O)N([C@H](C)CO)C[C@H]2C)cc1. The maximum absolute atomic E-state index is 13.8. The molecule has 0 saturated carbocycles. The van der Waals surface area contributed by atoms with E-state index >= 15 is 0 Å². The van der Waals surface area contributed by atoms with Gasteiger partial charge in [0.05, 0.1) is 48.9 Å². The van der Waals surface area contributed by atoms with Crippen molar-refractivity contribution in [1.29, 1.82) is 0 Å². The minimum atomic E-state index is -0.572. The van der Waals surface area contributed by atoms with Crippen LogP contribution in [0.4, 0.5) is 27.5 Å². The van der Waals surface area contributed by atoms with E-state index < -0.39 is 12.1 Å². The number of aliphatic hydroxyl groups excluding tert-OH is 1. The van der Waals surface area contributed by atoms with Gasteiger partial charge in [-0.3, -0.25) is 14.4 Å². The Morgan fingerprint density at radius 2 is 1.60 bits per heavy atom. The van der Waals surface area contributed by atoms with Crippen LogP contribution in [-0.2, 0) is 9.59 Å². The quantitative estimate of drug-likeness (QED) is 0.114. The van der Waals surface area contributed by atoms with Gasteiger partial charge in [0.2, 0.25) is 11.8 Å². The summed E-state index contributed by atoms with van der Waals surface area (Å²) in [4.78, 5) is 55.5. The molecule has 13 heteroatoms. The Morgan fingerprint density at radius 3 is 2.24 bits per heavy atom. The number of unbranched alkanes of at least 4 members (excludes halogenated alkanes) is 2. The second-order valence-electron chi connectivity index (χ2n) is 12.6. The monoisotopic (exact) mass is 688 g/mol. The Bertz CT molecular complexity index is 1630. The van der Waals surface area contributed by atoms with Crippen LogP contribution < -0.4 is 31.2 Å². The predicted octanol–water partition coefficient (Wildman–Crippen LogP) is 5.19. The summed E-state index contributed by atoms with van der Waals surface area (Å²) in [5.41, 5.74) is 8.14. The number of amides is 5. The average Bonchev–Trinajstić information content (AvgIpc) is 3.10. The van der Waals surface area contributed by atoms with Gasteiger partial charge in [0.15, 0.2) is 5.75 Å². The molecule has 268 valence electrons. The number of nitrogens with one attached hydrogen (secondary N) is 3. The van der Waals surface area contributed by atoms with Crippen LogP contribution in [-0.4, -0.2) is 84.7 Å². The number of nitrogens with zero attached hydrogens (tertiary/aromatic N) is 2. The standard InChI is InChI=1S/C37H48N6O7/c1-24-21-43(25(2)23-44)36(47)28-11-10-14-31(41-34(46)16-7-5-6-15-33(45)40-30-13-9-8-12-29(30)38)35(28)50-32(24)22-42(3)37(48)39-26-17-19-27(49-4)20-18-26/h8-14,17-20,24-25,32,44H,5-7,15-16,21-23,38H2,1-4H3,(H,39,48)(H,40,45)(H,41,46)/t24-,25-,32+/m1/s1. The molecule has 1 aliphatic heterocycles. The lowest BCUT2D eigenvalue weighted by Gasteiger charge is -2.38. The lowest BCUT2D eigenvalue weighted by molar-refractivity contribution is -0.116. The van der Waals surface area contributed by atoms with Crippen molar-refractivity contribution in [3.8, 4) is 11.5 Å². The zero-order valence-electron chi connectivity index (χ0n) is 29.1. The number of carbonyl (C=O) groups excluding carboxylic acids is 4. The van der Waals surface area contributed by atoms with Crippen LogP contribution in [0.25, 0.3) is 0 Å². The Hall–Kier alpha value is -5.30. The molecular formula is C37H48N6O7. The fraction of sp³-hybridized carbons (Fsp3) is 0.405.